The minimum Gasteiger partial charge on any atom is -0.447 e. The van der Waals surface area contributed by atoms with E-state index < -0.39 is 41.6 Å². The zero-order valence-corrected chi connectivity index (χ0v) is 20.2. The van der Waals surface area contributed by atoms with Gasteiger partial charge in [-0.25, -0.2) is 9.69 Å². The van der Waals surface area contributed by atoms with E-state index in [1.165, 1.54) is 13.0 Å². The van der Waals surface area contributed by atoms with Crippen LogP contribution in [0.1, 0.15) is 44.6 Å². The average Bonchev–Trinajstić information content (AvgIpc) is 3.16. The number of ether oxygens (including phenoxy) is 2. The molecule has 0 spiro atoms. The van der Waals surface area contributed by atoms with Gasteiger partial charge in [-0.3, -0.25) is 9.59 Å². The van der Waals surface area contributed by atoms with Crippen molar-refractivity contribution < 1.29 is 34.1 Å². The molecule has 2 aliphatic heterocycles. The number of ketones is 1. The molecule has 180 valence electrons. The molecule has 2 amide bonds. The van der Waals surface area contributed by atoms with Crippen LogP contribution in [0.3, 0.4) is 0 Å². The summed E-state index contributed by atoms with van der Waals surface area (Å²) < 4.78 is 11.1. The number of halogens is 1. The second kappa shape index (κ2) is 11.4. The van der Waals surface area contributed by atoms with Gasteiger partial charge in [0.05, 0.1) is 16.4 Å². The zero-order valence-electron chi connectivity index (χ0n) is 18.6. The molecule has 9 heteroatoms. The summed E-state index contributed by atoms with van der Waals surface area (Å²) in [5.74, 6) is -3.77. The van der Waals surface area contributed by atoms with Gasteiger partial charge >= 0.3 is 6.09 Å². The van der Waals surface area contributed by atoms with Crippen LogP contribution in [0.4, 0.5) is 4.79 Å². The summed E-state index contributed by atoms with van der Waals surface area (Å²) in [6.07, 6.45) is 2.81. The average molecular weight is 524 g/mol. The van der Waals surface area contributed by atoms with Crippen LogP contribution in [-0.4, -0.2) is 64.0 Å². The van der Waals surface area contributed by atoms with Crippen LogP contribution < -0.4 is 0 Å². The van der Waals surface area contributed by atoms with Crippen molar-refractivity contribution in [1.29, 1.82) is 0 Å². The maximum Gasteiger partial charge on any atom is 0.416 e. The molecule has 0 aliphatic carbocycles. The van der Waals surface area contributed by atoms with Gasteiger partial charge in [-0.2, -0.15) is 0 Å². The van der Waals surface area contributed by atoms with Gasteiger partial charge in [0, 0.05) is 13.0 Å². The second-order valence-corrected chi connectivity index (χ2v) is 9.38. The highest BCUT2D eigenvalue weighted by molar-refractivity contribution is 9.11. The first-order valence-corrected chi connectivity index (χ1v) is 12.0. The summed E-state index contributed by atoms with van der Waals surface area (Å²) >= 11 is 3.23. The first kappa shape index (κ1) is 25.6. The fourth-order valence-electron chi connectivity index (χ4n) is 4.12. The molecule has 8 nitrogen and oxygen atoms in total. The Morgan fingerprint density at radius 2 is 1.91 bits per heavy atom. The number of carbonyl (C=O) groups excluding carboxylic acids is 3. The van der Waals surface area contributed by atoms with E-state index in [9.17, 15) is 19.5 Å². The maximum atomic E-state index is 13.3. The number of cyclic esters (lactones) is 1. The summed E-state index contributed by atoms with van der Waals surface area (Å²) in [7, 11) is 0. The van der Waals surface area contributed by atoms with Crippen LogP contribution in [-0.2, 0) is 25.5 Å². The number of amides is 2. The van der Waals surface area contributed by atoms with Gasteiger partial charge in [-0.15, -0.1) is 0 Å². The van der Waals surface area contributed by atoms with Gasteiger partial charge in [0.15, 0.2) is 11.6 Å². The molecule has 0 bridgehead atoms. The lowest BCUT2D eigenvalue weighted by molar-refractivity contribution is -0.217. The quantitative estimate of drug-likeness (QED) is 0.453. The minimum absolute atomic E-state index is 0.0783. The number of aliphatic hydroxyl groups excluding tert-OH is 1. The first-order valence-electron chi connectivity index (χ1n) is 11.2. The molecule has 0 radical (unpaired) electrons. The van der Waals surface area contributed by atoms with E-state index in [-0.39, 0.29) is 24.1 Å². The molecule has 1 fully saturated rings. The Labute approximate surface area is 201 Å². The van der Waals surface area contributed by atoms with Crippen molar-refractivity contribution in [1.82, 2.24) is 4.90 Å². The van der Waals surface area contributed by atoms with Gasteiger partial charge < -0.3 is 19.7 Å². The molecule has 1 aromatic carbocycles. The van der Waals surface area contributed by atoms with E-state index in [1.54, 1.807) is 0 Å². The standard InChI is InChI=1S/C24H30BrNO7/c1-16(21-19(28)14-20(25)24(31,33-21)11-7-2-3-8-12-27)22(29)26-18(15-32-23(26)30)13-17-9-5-4-6-10-17/h4-6,9-10,14,16,18,21,27,31H,2-3,7-8,11-13,15H2,1H3. The Kier molecular flexibility index (Phi) is 8.81. The number of aliphatic hydroxyl groups is 2. The lowest BCUT2D eigenvalue weighted by Crippen LogP contribution is -2.52. The van der Waals surface area contributed by atoms with Gasteiger partial charge in [-0.1, -0.05) is 50.1 Å². The van der Waals surface area contributed by atoms with Crippen molar-refractivity contribution in [3.05, 3.63) is 46.5 Å². The molecule has 0 aromatic heterocycles. The van der Waals surface area contributed by atoms with Crippen LogP contribution in [0, 0.1) is 5.92 Å². The van der Waals surface area contributed by atoms with E-state index in [2.05, 4.69) is 15.9 Å². The van der Waals surface area contributed by atoms with E-state index in [4.69, 9.17) is 14.6 Å². The second-order valence-electron chi connectivity index (χ2n) is 8.52. The highest BCUT2D eigenvalue weighted by Crippen LogP contribution is 2.37. The molecule has 1 aromatic rings. The maximum absolute atomic E-state index is 13.3. The summed E-state index contributed by atoms with van der Waals surface area (Å²) in [6.45, 7) is 1.71. The SMILES string of the molecule is CC(C(=O)N1C(=O)OCC1Cc1ccccc1)C1OC(O)(CCCCCCO)C(Br)=CC1=O. The third kappa shape index (κ3) is 6.09. The molecule has 2 aliphatic rings. The molecule has 3 rings (SSSR count). The molecule has 2 N–H and O–H groups in total. The third-order valence-electron chi connectivity index (χ3n) is 6.02. The van der Waals surface area contributed by atoms with E-state index in [0.29, 0.717) is 19.3 Å². The number of nitrogens with zero attached hydrogens (tertiary/aromatic N) is 1. The van der Waals surface area contributed by atoms with Crippen molar-refractivity contribution in [2.24, 2.45) is 5.92 Å². The Morgan fingerprint density at radius 3 is 2.61 bits per heavy atom. The largest absolute Gasteiger partial charge is 0.447 e. The summed E-state index contributed by atoms with van der Waals surface area (Å²) in [5.41, 5.74) is 0.957. The molecule has 2 heterocycles. The topological polar surface area (TPSA) is 113 Å². The van der Waals surface area contributed by atoms with Crippen LogP contribution in [0.25, 0.3) is 0 Å². The fourth-order valence-corrected chi connectivity index (χ4v) is 4.63. The minimum atomic E-state index is -1.73. The molecular weight excluding hydrogens is 494 g/mol. The summed E-state index contributed by atoms with van der Waals surface area (Å²) in [4.78, 5) is 39.4. The number of imide groups is 1. The van der Waals surface area contributed by atoms with Gasteiger partial charge in [0.25, 0.3) is 0 Å². The predicted octanol–water partition coefficient (Wildman–Crippen LogP) is 3.09. The molecular formula is C24H30BrNO7. The van der Waals surface area contributed by atoms with Crippen LogP contribution in [0.15, 0.2) is 40.9 Å². The smallest absolute Gasteiger partial charge is 0.416 e. The Bertz CT molecular complexity index is 890. The van der Waals surface area contributed by atoms with E-state index in [0.717, 1.165) is 23.3 Å². The highest BCUT2D eigenvalue weighted by atomic mass is 79.9. The van der Waals surface area contributed by atoms with Crippen molar-refractivity contribution >= 4 is 33.7 Å². The number of benzene rings is 1. The Balaban J connectivity index is 1.70. The Morgan fingerprint density at radius 1 is 1.21 bits per heavy atom. The van der Waals surface area contributed by atoms with Crippen LogP contribution in [0.5, 0.6) is 0 Å². The molecule has 4 unspecified atom stereocenters. The van der Waals surface area contributed by atoms with Gasteiger partial charge in [0.2, 0.25) is 5.91 Å². The zero-order chi connectivity index (χ0) is 24.0. The van der Waals surface area contributed by atoms with Crippen LogP contribution in [0.2, 0.25) is 0 Å². The summed E-state index contributed by atoms with van der Waals surface area (Å²) in [5, 5.41) is 19.9. The van der Waals surface area contributed by atoms with Gasteiger partial charge in [0.1, 0.15) is 12.7 Å². The highest BCUT2D eigenvalue weighted by Gasteiger charge is 2.48. The first-order chi connectivity index (χ1) is 15.8. The number of hydrogen-bond donors (Lipinski definition) is 2. The van der Waals surface area contributed by atoms with Crippen molar-refractivity contribution in [2.75, 3.05) is 13.2 Å². The molecule has 33 heavy (non-hydrogen) atoms. The van der Waals surface area contributed by atoms with E-state index in [1.807, 2.05) is 30.3 Å². The molecule has 0 saturated carbocycles. The fraction of sp³-hybridized carbons (Fsp3) is 0.542. The number of rotatable bonds is 10. The van der Waals surface area contributed by atoms with E-state index >= 15 is 0 Å². The van der Waals surface area contributed by atoms with Crippen molar-refractivity contribution in [2.45, 2.75) is 63.4 Å². The van der Waals surface area contributed by atoms with Crippen molar-refractivity contribution in [3.8, 4) is 0 Å². The normalized spacial score (nSPS) is 26.2. The number of unbranched alkanes of at least 4 members (excludes halogenated alkanes) is 3. The Hall–Kier alpha value is -2.07. The lowest BCUT2D eigenvalue weighted by Gasteiger charge is -2.37. The molecule has 1 saturated heterocycles. The number of carbonyl (C=O) groups is 3. The van der Waals surface area contributed by atoms with Crippen molar-refractivity contribution in [3.63, 3.8) is 0 Å². The summed E-state index contributed by atoms with van der Waals surface area (Å²) in [6, 6.07) is 8.98. The van der Waals surface area contributed by atoms with Gasteiger partial charge in [-0.05, 0) is 46.8 Å². The molecule has 4 atom stereocenters. The third-order valence-corrected chi connectivity index (χ3v) is 6.87. The van der Waals surface area contributed by atoms with Crippen LogP contribution >= 0.6 is 15.9 Å². The monoisotopic (exact) mass is 523 g/mol. The lowest BCUT2D eigenvalue weighted by atomic mass is 9.93. The number of hydrogen-bond acceptors (Lipinski definition) is 7. The predicted molar refractivity (Wildman–Crippen MR) is 123 cm³/mol.